The zero-order valence-electron chi connectivity index (χ0n) is 16.9. The van der Waals surface area contributed by atoms with Crippen LogP contribution in [-0.4, -0.2) is 31.7 Å². The number of ether oxygens (including phenoxy) is 1. The number of benzene rings is 2. The second kappa shape index (κ2) is 11.1. The highest BCUT2D eigenvalue weighted by molar-refractivity contribution is 5.85. The zero-order chi connectivity index (χ0) is 20.4. The van der Waals surface area contributed by atoms with Gasteiger partial charge in [0.05, 0.1) is 7.11 Å². The first kappa shape index (κ1) is 21.5. The van der Waals surface area contributed by atoms with Crippen LogP contribution in [0.15, 0.2) is 60.7 Å². The Bertz CT molecular complexity index is 693. The highest BCUT2D eigenvalue weighted by Gasteiger charge is 2.22. The van der Waals surface area contributed by atoms with Crippen molar-refractivity contribution in [3.05, 3.63) is 71.8 Å². The Morgan fingerprint density at radius 1 is 0.929 bits per heavy atom. The van der Waals surface area contributed by atoms with Crippen molar-refractivity contribution < 1.29 is 14.3 Å². The number of carbonyl (C=O) groups is 2. The van der Waals surface area contributed by atoms with Crippen LogP contribution in [0.2, 0.25) is 0 Å². The monoisotopic (exact) mass is 382 g/mol. The van der Waals surface area contributed by atoms with Gasteiger partial charge in [-0.05, 0) is 29.9 Å². The molecule has 0 bridgehead atoms. The summed E-state index contributed by atoms with van der Waals surface area (Å²) in [5, 5.41) is 5.60. The summed E-state index contributed by atoms with van der Waals surface area (Å²) < 4.78 is 4.64. The second-order valence-corrected chi connectivity index (χ2v) is 7.27. The van der Waals surface area contributed by atoms with Crippen molar-refractivity contribution in [3.8, 4) is 0 Å². The lowest BCUT2D eigenvalue weighted by Crippen LogP contribution is -2.47. The number of nitrogens with one attached hydrogen (secondary N) is 2. The van der Waals surface area contributed by atoms with Crippen LogP contribution in [0.1, 0.15) is 43.7 Å². The molecule has 2 amide bonds. The van der Waals surface area contributed by atoms with Crippen LogP contribution in [0.5, 0.6) is 0 Å². The molecule has 0 heterocycles. The normalized spacial score (nSPS) is 11.9. The summed E-state index contributed by atoms with van der Waals surface area (Å²) in [5.74, 6) is 0.285. The van der Waals surface area contributed by atoms with Crippen molar-refractivity contribution >= 4 is 12.0 Å². The van der Waals surface area contributed by atoms with Crippen LogP contribution >= 0.6 is 0 Å². The van der Waals surface area contributed by atoms with Gasteiger partial charge < -0.3 is 15.4 Å². The van der Waals surface area contributed by atoms with E-state index in [1.807, 2.05) is 50.2 Å². The van der Waals surface area contributed by atoms with Gasteiger partial charge in [-0.2, -0.15) is 0 Å². The Morgan fingerprint density at radius 3 is 1.93 bits per heavy atom. The molecule has 2 rings (SSSR count). The Morgan fingerprint density at radius 2 is 1.46 bits per heavy atom. The zero-order valence-corrected chi connectivity index (χ0v) is 16.9. The SMILES string of the molecule is COC(=O)NC(CC(C)C)C(=O)NCCC(c1ccccc1)c1ccccc1. The highest BCUT2D eigenvalue weighted by atomic mass is 16.5. The molecule has 28 heavy (non-hydrogen) atoms. The molecule has 0 aromatic heterocycles. The summed E-state index contributed by atoms with van der Waals surface area (Å²) >= 11 is 0. The van der Waals surface area contributed by atoms with E-state index in [2.05, 4.69) is 39.6 Å². The Hall–Kier alpha value is -2.82. The van der Waals surface area contributed by atoms with Crippen molar-refractivity contribution in [2.24, 2.45) is 5.92 Å². The van der Waals surface area contributed by atoms with Gasteiger partial charge in [0.2, 0.25) is 5.91 Å². The average Bonchev–Trinajstić information content (AvgIpc) is 2.71. The van der Waals surface area contributed by atoms with Gasteiger partial charge in [0.1, 0.15) is 6.04 Å². The van der Waals surface area contributed by atoms with Crippen LogP contribution in [0.3, 0.4) is 0 Å². The Labute approximate surface area is 167 Å². The predicted molar refractivity (Wildman–Crippen MR) is 111 cm³/mol. The van der Waals surface area contributed by atoms with Gasteiger partial charge in [-0.15, -0.1) is 0 Å². The lowest BCUT2D eigenvalue weighted by molar-refractivity contribution is -0.123. The first-order valence-corrected chi connectivity index (χ1v) is 9.73. The van der Waals surface area contributed by atoms with E-state index >= 15 is 0 Å². The quantitative estimate of drug-likeness (QED) is 0.686. The predicted octanol–water partition coefficient (Wildman–Crippen LogP) is 4.10. The number of carbonyl (C=O) groups excluding carboxylic acids is 2. The van der Waals surface area contributed by atoms with E-state index in [0.29, 0.717) is 13.0 Å². The molecule has 1 unspecified atom stereocenters. The first-order chi connectivity index (χ1) is 13.5. The Balaban J connectivity index is 2.02. The molecule has 150 valence electrons. The topological polar surface area (TPSA) is 67.4 Å². The summed E-state index contributed by atoms with van der Waals surface area (Å²) in [5.41, 5.74) is 2.43. The molecule has 0 fully saturated rings. The largest absolute Gasteiger partial charge is 0.453 e. The summed E-state index contributed by atoms with van der Waals surface area (Å²) in [6, 6.07) is 20.0. The molecule has 2 aromatic carbocycles. The molecule has 2 N–H and O–H groups in total. The van der Waals surface area contributed by atoms with E-state index in [4.69, 9.17) is 0 Å². The van der Waals surface area contributed by atoms with Gasteiger partial charge in [-0.25, -0.2) is 4.79 Å². The molecule has 2 aromatic rings. The van der Waals surface area contributed by atoms with E-state index in [1.165, 1.54) is 18.2 Å². The molecule has 0 saturated carbocycles. The van der Waals surface area contributed by atoms with Crippen LogP contribution < -0.4 is 10.6 Å². The minimum absolute atomic E-state index is 0.182. The standard InChI is InChI=1S/C23H30N2O3/c1-17(2)16-21(25-23(27)28-3)22(26)24-15-14-20(18-10-6-4-7-11-18)19-12-8-5-9-13-19/h4-13,17,20-21H,14-16H2,1-3H3,(H,24,26)(H,25,27). The van der Waals surface area contributed by atoms with Crippen LogP contribution in [-0.2, 0) is 9.53 Å². The number of rotatable bonds is 9. The van der Waals surface area contributed by atoms with Crippen LogP contribution in [0, 0.1) is 5.92 Å². The van der Waals surface area contributed by atoms with E-state index in [9.17, 15) is 9.59 Å². The van der Waals surface area contributed by atoms with E-state index in [1.54, 1.807) is 0 Å². The smallest absolute Gasteiger partial charge is 0.407 e. The fourth-order valence-corrected chi connectivity index (χ4v) is 3.26. The minimum Gasteiger partial charge on any atom is -0.453 e. The summed E-state index contributed by atoms with van der Waals surface area (Å²) in [6.07, 6.45) is 0.737. The molecular formula is C23H30N2O3. The number of amides is 2. The molecule has 5 heteroatoms. The third-order valence-corrected chi connectivity index (χ3v) is 4.64. The molecule has 5 nitrogen and oxygen atoms in total. The van der Waals surface area contributed by atoms with E-state index in [-0.39, 0.29) is 17.7 Å². The number of alkyl carbamates (subject to hydrolysis) is 1. The van der Waals surface area contributed by atoms with Gasteiger partial charge in [0, 0.05) is 12.5 Å². The summed E-state index contributed by atoms with van der Waals surface area (Å²) in [7, 11) is 1.30. The van der Waals surface area contributed by atoms with Gasteiger partial charge >= 0.3 is 6.09 Å². The van der Waals surface area contributed by atoms with Crippen molar-refractivity contribution in [3.63, 3.8) is 0 Å². The summed E-state index contributed by atoms with van der Waals surface area (Å²) in [4.78, 5) is 24.2. The number of hydrogen-bond donors (Lipinski definition) is 2. The van der Waals surface area contributed by atoms with Gasteiger partial charge in [0.15, 0.2) is 0 Å². The van der Waals surface area contributed by atoms with Gasteiger partial charge in [0.25, 0.3) is 0 Å². The molecular weight excluding hydrogens is 352 g/mol. The number of hydrogen-bond acceptors (Lipinski definition) is 3. The highest BCUT2D eigenvalue weighted by Crippen LogP contribution is 2.27. The lowest BCUT2D eigenvalue weighted by atomic mass is 9.88. The van der Waals surface area contributed by atoms with Crippen molar-refractivity contribution in [2.75, 3.05) is 13.7 Å². The van der Waals surface area contributed by atoms with E-state index < -0.39 is 12.1 Å². The molecule has 0 aliphatic carbocycles. The van der Waals surface area contributed by atoms with Gasteiger partial charge in [-0.3, -0.25) is 4.79 Å². The lowest BCUT2D eigenvalue weighted by Gasteiger charge is -2.21. The molecule has 0 spiro atoms. The average molecular weight is 383 g/mol. The summed E-state index contributed by atoms with van der Waals surface area (Å²) in [6.45, 7) is 4.55. The number of methoxy groups -OCH3 is 1. The second-order valence-electron chi connectivity index (χ2n) is 7.27. The fourth-order valence-electron chi connectivity index (χ4n) is 3.26. The minimum atomic E-state index is -0.598. The molecule has 0 aliphatic heterocycles. The van der Waals surface area contributed by atoms with Gasteiger partial charge in [-0.1, -0.05) is 74.5 Å². The molecule has 0 aliphatic rings. The third kappa shape index (κ3) is 6.72. The maximum absolute atomic E-state index is 12.6. The fraction of sp³-hybridized carbons (Fsp3) is 0.391. The Kier molecular flexibility index (Phi) is 8.53. The molecule has 0 radical (unpaired) electrons. The first-order valence-electron chi connectivity index (χ1n) is 9.73. The van der Waals surface area contributed by atoms with Crippen LogP contribution in [0.4, 0.5) is 4.79 Å². The maximum Gasteiger partial charge on any atom is 0.407 e. The van der Waals surface area contributed by atoms with Crippen LogP contribution in [0.25, 0.3) is 0 Å². The van der Waals surface area contributed by atoms with Crippen molar-refractivity contribution in [1.29, 1.82) is 0 Å². The molecule has 1 atom stereocenters. The maximum atomic E-state index is 12.6. The van der Waals surface area contributed by atoms with Crippen molar-refractivity contribution in [1.82, 2.24) is 10.6 Å². The van der Waals surface area contributed by atoms with E-state index in [0.717, 1.165) is 6.42 Å². The molecule has 0 saturated heterocycles. The van der Waals surface area contributed by atoms with Crippen molar-refractivity contribution in [2.45, 2.75) is 38.6 Å². The third-order valence-electron chi connectivity index (χ3n) is 4.64.